The number of carbonyl (C=O) groups is 1. The first-order valence-electron chi connectivity index (χ1n) is 5.82. The summed E-state index contributed by atoms with van der Waals surface area (Å²) in [6.07, 6.45) is 3.19. The van der Waals surface area contributed by atoms with Gasteiger partial charge in [0.05, 0.1) is 17.4 Å². The molecule has 0 saturated heterocycles. The van der Waals surface area contributed by atoms with Gasteiger partial charge in [-0.25, -0.2) is 9.07 Å². The van der Waals surface area contributed by atoms with E-state index in [4.69, 9.17) is 5.73 Å². The first-order chi connectivity index (χ1) is 9.61. The molecule has 2 aromatic rings. The maximum atomic E-state index is 13.7. The van der Waals surface area contributed by atoms with Gasteiger partial charge >= 0.3 is 0 Å². The Balaban J connectivity index is 2.21. The summed E-state index contributed by atoms with van der Waals surface area (Å²) in [5.74, 6) is -1.06. The van der Waals surface area contributed by atoms with Crippen LogP contribution in [0.5, 0.6) is 0 Å². The van der Waals surface area contributed by atoms with Gasteiger partial charge in [-0.3, -0.25) is 4.79 Å². The Kier molecular flexibility index (Phi) is 4.16. The monoisotopic (exact) mass is 276 g/mol. The van der Waals surface area contributed by atoms with Crippen molar-refractivity contribution in [3.05, 3.63) is 43.0 Å². The van der Waals surface area contributed by atoms with Crippen LogP contribution in [0.2, 0.25) is 0 Å². The molecule has 2 rings (SSSR count). The number of nitrogens with zero attached hydrogens (tertiary/aromatic N) is 4. The molecular formula is C12H13FN6O. The highest BCUT2D eigenvalue weighted by atomic mass is 19.1. The molecule has 0 fully saturated rings. The zero-order chi connectivity index (χ0) is 14.5. The number of halogens is 1. The Bertz CT molecular complexity index is 612. The van der Waals surface area contributed by atoms with Gasteiger partial charge in [0.15, 0.2) is 0 Å². The van der Waals surface area contributed by atoms with Crippen molar-refractivity contribution in [2.24, 2.45) is 5.73 Å². The molecule has 3 N–H and O–H groups in total. The van der Waals surface area contributed by atoms with Gasteiger partial charge in [0.25, 0.3) is 0 Å². The number of nitrogens with one attached hydrogen (secondary N) is 1. The van der Waals surface area contributed by atoms with Gasteiger partial charge in [0.2, 0.25) is 5.91 Å². The lowest BCUT2D eigenvalue weighted by atomic mass is 10.2. The van der Waals surface area contributed by atoms with Crippen LogP contribution in [0.15, 0.2) is 37.2 Å². The molecule has 1 amide bonds. The van der Waals surface area contributed by atoms with Crippen molar-refractivity contribution in [3.63, 3.8) is 0 Å². The van der Waals surface area contributed by atoms with E-state index in [0.717, 1.165) is 0 Å². The van der Waals surface area contributed by atoms with Crippen LogP contribution in [0, 0.1) is 5.82 Å². The van der Waals surface area contributed by atoms with Crippen molar-refractivity contribution in [2.75, 3.05) is 5.32 Å². The van der Waals surface area contributed by atoms with E-state index < -0.39 is 17.8 Å². The summed E-state index contributed by atoms with van der Waals surface area (Å²) in [6.45, 7) is 3.50. The van der Waals surface area contributed by atoms with E-state index in [0.29, 0.717) is 12.1 Å². The smallest absolute Gasteiger partial charge is 0.241 e. The van der Waals surface area contributed by atoms with Crippen LogP contribution in [0.25, 0.3) is 5.69 Å². The summed E-state index contributed by atoms with van der Waals surface area (Å²) in [5, 5.41) is 13.1. The van der Waals surface area contributed by atoms with Crippen LogP contribution in [0.3, 0.4) is 0 Å². The van der Waals surface area contributed by atoms with Crippen LogP contribution < -0.4 is 11.1 Å². The average molecular weight is 276 g/mol. The van der Waals surface area contributed by atoms with Gasteiger partial charge < -0.3 is 11.1 Å². The standard InChI is InChI=1S/C12H13FN6O/c1-2-3-10(14)12(20)16-11-6-8(4-5-9(11)13)19-7-15-17-18-19/h2,4-7,10H,1,3,14H2,(H,16,20). The van der Waals surface area contributed by atoms with Crippen LogP contribution >= 0.6 is 0 Å². The number of aromatic nitrogens is 4. The average Bonchev–Trinajstić information content (AvgIpc) is 2.95. The van der Waals surface area contributed by atoms with Gasteiger partial charge in [-0.2, -0.15) is 0 Å². The zero-order valence-corrected chi connectivity index (χ0v) is 10.5. The minimum atomic E-state index is -0.774. The number of carbonyl (C=O) groups excluding carboxylic acids is 1. The molecular weight excluding hydrogens is 263 g/mol. The first-order valence-corrected chi connectivity index (χ1v) is 5.82. The van der Waals surface area contributed by atoms with E-state index in [1.165, 1.54) is 35.3 Å². The number of hydrogen-bond donors (Lipinski definition) is 2. The van der Waals surface area contributed by atoms with Crippen molar-refractivity contribution in [1.29, 1.82) is 0 Å². The number of nitrogens with two attached hydrogens (primary N) is 1. The van der Waals surface area contributed by atoms with Gasteiger partial charge in [-0.1, -0.05) is 6.08 Å². The van der Waals surface area contributed by atoms with E-state index in [9.17, 15) is 9.18 Å². The van der Waals surface area contributed by atoms with E-state index in [-0.39, 0.29) is 5.69 Å². The molecule has 1 unspecified atom stereocenters. The van der Waals surface area contributed by atoms with Crippen LogP contribution in [-0.4, -0.2) is 32.2 Å². The largest absolute Gasteiger partial charge is 0.322 e. The van der Waals surface area contributed by atoms with Gasteiger partial charge in [-0.05, 0) is 35.0 Å². The lowest BCUT2D eigenvalue weighted by Gasteiger charge is -2.12. The molecule has 0 bridgehead atoms. The molecule has 0 aliphatic heterocycles. The SMILES string of the molecule is C=CCC(N)C(=O)Nc1cc(-n2cnnn2)ccc1F. The molecule has 7 nitrogen and oxygen atoms in total. The molecule has 1 heterocycles. The second-order valence-electron chi connectivity index (χ2n) is 4.04. The maximum absolute atomic E-state index is 13.7. The van der Waals surface area contributed by atoms with E-state index in [1.54, 1.807) is 0 Å². The van der Waals surface area contributed by atoms with Crippen LogP contribution in [0.1, 0.15) is 6.42 Å². The third-order valence-corrected chi connectivity index (χ3v) is 2.58. The highest BCUT2D eigenvalue weighted by Crippen LogP contribution is 2.18. The van der Waals surface area contributed by atoms with Crippen molar-refractivity contribution in [3.8, 4) is 5.69 Å². The second-order valence-corrected chi connectivity index (χ2v) is 4.04. The lowest BCUT2D eigenvalue weighted by molar-refractivity contribution is -0.117. The first kappa shape index (κ1) is 13.8. The molecule has 104 valence electrons. The highest BCUT2D eigenvalue weighted by molar-refractivity contribution is 5.95. The molecule has 1 atom stereocenters. The molecule has 0 aliphatic rings. The molecule has 0 radical (unpaired) electrons. The summed E-state index contributed by atoms with van der Waals surface area (Å²) in [4.78, 5) is 11.8. The Morgan fingerprint density at radius 3 is 3.05 bits per heavy atom. The fraction of sp³-hybridized carbons (Fsp3) is 0.167. The second kappa shape index (κ2) is 6.02. The fourth-order valence-corrected chi connectivity index (χ4v) is 1.54. The van der Waals surface area contributed by atoms with Gasteiger partial charge in [0.1, 0.15) is 12.1 Å². The Hall–Kier alpha value is -2.61. The predicted molar refractivity (Wildman–Crippen MR) is 70.5 cm³/mol. The number of benzene rings is 1. The topological polar surface area (TPSA) is 98.7 Å². The minimum absolute atomic E-state index is 0.0162. The van der Waals surface area contributed by atoms with Gasteiger partial charge in [0, 0.05) is 0 Å². The van der Waals surface area contributed by atoms with Crippen LogP contribution in [0.4, 0.5) is 10.1 Å². The molecule has 0 spiro atoms. The summed E-state index contributed by atoms with van der Waals surface area (Å²) < 4.78 is 15.0. The summed E-state index contributed by atoms with van der Waals surface area (Å²) in [7, 11) is 0. The normalized spacial score (nSPS) is 11.9. The van der Waals surface area contributed by atoms with E-state index >= 15 is 0 Å². The number of amides is 1. The van der Waals surface area contributed by atoms with Crippen LogP contribution in [-0.2, 0) is 4.79 Å². The Morgan fingerprint density at radius 1 is 1.60 bits per heavy atom. The van der Waals surface area contributed by atoms with Crippen molar-refractivity contribution < 1.29 is 9.18 Å². The number of anilines is 1. The lowest BCUT2D eigenvalue weighted by Crippen LogP contribution is -2.35. The predicted octanol–water partition coefficient (Wildman–Crippen LogP) is 0.643. The number of hydrogen-bond acceptors (Lipinski definition) is 5. The summed E-state index contributed by atoms with van der Waals surface area (Å²) in [5.41, 5.74) is 6.15. The number of tetrazole rings is 1. The summed E-state index contributed by atoms with van der Waals surface area (Å²) >= 11 is 0. The quantitative estimate of drug-likeness (QED) is 0.781. The van der Waals surface area contributed by atoms with E-state index in [1.807, 2.05) is 0 Å². The fourth-order valence-electron chi connectivity index (χ4n) is 1.54. The van der Waals surface area contributed by atoms with Gasteiger partial charge in [-0.15, -0.1) is 11.7 Å². The Morgan fingerprint density at radius 2 is 2.40 bits per heavy atom. The molecule has 0 saturated carbocycles. The van der Waals surface area contributed by atoms with E-state index in [2.05, 4.69) is 27.4 Å². The van der Waals surface area contributed by atoms with Crippen molar-refractivity contribution in [2.45, 2.75) is 12.5 Å². The number of rotatable bonds is 5. The minimum Gasteiger partial charge on any atom is -0.322 e. The van der Waals surface area contributed by atoms with Crippen molar-refractivity contribution >= 4 is 11.6 Å². The molecule has 8 heteroatoms. The maximum Gasteiger partial charge on any atom is 0.241 e. The Labute approximate surface area is 114 Å². The molecule has 0 aliphatic carbocycles. The summed E-state index contributed by atoms with van der Waals surface area (Å²) in [6, 6.07) is 3.35. The third-order valence-electron chi connectivity index (χ3n) is 2.58. The highest BCUT2D eigenvalue weighted by Gasteiger charge is 2.14. The zero-order valence-electron chi connectivity index (χ0n) is 10.5. The molecule has 1 aromatic heterocycles. The molecule has 1 aromatic carbocycles. The third kappa shape index (κ3) is 3.04. The van der Waals surface area contributed by atoms with Crippen molar-refractivity contribution in [1.82, 2.24) is 20.2 Å². The molecule has 20 heavy (non-hydrogen) atoms.